The SMILES string of the molecule is O=C(OCC(=O)c1c[nH]c2ccccc12)c1ccsc1. The molecule has 3 rings (SSSR count). The number of aromatic nitrogens is 1. The number of thiophene rings is 1. The number of hydrogen-bond donors (Lipinski definition) is 1. The summed E-state index contributed by atoms with van der Waals surface area (Å²) >= 11 is 1.41. The molecule has 0 unspecified atom stereocenters. The number of carbonyl (C=O) groups excluding carboxylic acids is 2. The number of rotatable bonds is 4. The summed E-state index contributed by atoms with van der Waals surface area (Å²) in [4.78, 5) is 26.8. The summed E-state index contributed by atoms with van der Waals surface area (Å²) < 4.78 is 5.03. The monoisotopic (exact) mass is 285 g/mol. The van der Waals surface area contributed by atoms with E-state index in [1.54, 1.807) is 23.0 Å². The number of benzene rings is 1. The number of aromatic amines is 1. The molecule has 0 aliphatic heterocycles. The number of esters is 1. The second kappa shape index (κ2) is 5.30. The molecule has 0 saturated carbocycles. The fraction of sp³-hybridized carbons (Fsp3) is 0.0667. The zero-order valence-electron chi connectivity index (χ0n) is 10.5. The second-order valence-corrected chi connectivity index (χ2v) is 5.04. The number of para-hydroxylation sites is 1. The van der Waals surface area contributed by atoms with Crippen LogP contribution in [0.2, 0.25) is 0 Å². The number of carbonyl (C=O) groups is 2. The highest BCUT2D eigenvalue weighted by Crippen LogP contribution is 2.18. The van der Waals surface area contributed by atoms with Gasteiger partial charge in [-0.3, -0.25) is 4.79 Å². The number of H-pyrrole nitrogens is 1. The molecule has 1 N–H and O–H groups in total. The number of ketones is 1. The van der Waals surface area contributed by atoms with E-state index in [-0.39, 0.29) is 12.4 Å². The summed E-state index contributed by atoms with van der Waals surface area (Å²) in [6.07, 6.45) is 1.64. The highest BCUT2D eigenvalue weighted by molar-refractivity contribution is 7.08. The first-order valence-corrected chi connectivity index (χ1v) is 6.98. The van der Waals surface area contributed by atoms with E-state index >= 15 is 0 Å². The Hall–Kier alpha value is -2.40. The molecule has 0 radical (unpaired) electrons. The van der Waals surface area contributed by atoms with Gasteiger partial charge < -0.3 is 9.72 Å². The first-order chi connectivity index (χ1) is 9.75. The lowest BCUT2D eigenvalue weighted by atomic mass is 10.1. The Morgan fingerprint density at radius 1 is 1.20 bits per heavy atom. The Morgan fingerprint density at radius 3 is 2.85 bits per heavy atom. The van der Waals surface area contributed by atoms with Gasteiger partial charge in [-0.25, -0.2) is 4.79 Å². The van der Waals surface area contributed by atoms with Crippen LogP contribution in [0.4, 0.5) is 0 Å². The first kappa shape index (κ1) is 12.6. The van der Waals surface area contributed by atoms with Crippen molar-refractivity contribution in [3.63, 3.8) is 0 Å². The van der Waals surface area contributed by atoms with Gasteiger partial charge in [0.25, 0.3) is 0 Å². The van der Waals surface area contributed by atoms with Gasteiger partial charge in [-0.1, -0.05) is 18.2 Å². The van der Waals surface area contributed by atoms with Crippen molar-refractivity contribution in [1.29, 1.82) is 0 Å². The number of ether oxygens (including phenoxy) is 1. The Morgan fingerprint density at radius 2 is 2.05 bits per heavy atom. The van der Waals surface area contributed by atoms with Crippen LogP contribution in [0.1, 0.15) is 20.7 Å². The second-order valence-electron chi connectivity index (χ2n) is 4.26. The van der Waals surface area contributed by atoms with Crippen LogP contribution in [0.25, 0.3) is 10.9 Å². The Labute approximate surface area is 119 Å². The lowest BCUT2D eigenvalue weighted by Gasteiger charge is -2.02. The van der Waals surface area contributed by atoms with Gasteiger partial charge in [0.15, 0.2) is 6.61 Å². The molecular formula is C15H11NO3S. The maximum atomic E-state index is 12.1. The largest absolute Gasteiger partial charge is 0.454 e. The van der Waals surface area contributed by atoms with Gasteiger partial charge in [-0.2, -0.15) is 11.3 Å². The van der Waals surface area contributed by atoms with Crippen molar-refractivity contribution in [3.8, 4) is 0 Å². The molecule has 0 amide bonds. The average Bonchev–Trinajstić information content (AvgIpc) is 3.13. The Balaban J connectivity index is 1.72. The summed E-state index contributed by atoms with van der Waals surface area (Å²) in [7, 11) is 0. The van der Waals surface area contributed by atoms with Gasteiger partial charge in [0.2, 0.25) is 5.78 Å². The molecular weight excluding hydrogens is 274 g/mol. The predicted molar refractivity (Wildman–Crippen MR) is 77.2 cm³/mol. The maximum Gasteiger partial charge on any atom is 0.339 e. The molecule has 2 heterocycles. The van der Waals surface area contributed by atoms with Crippen LogP contribution in [0.3, 0.4) is 0 Å². The number of Topliss-reactive ketones (excluding diaryl/α,β-unsaturated/α-hetero) is 1. The third kappa shape index (κ3) is 2.35. The molecule has 0 saturated heterocycles. The molecule has 20 heavy (non-hydrogen) atoms. The zero-order valence-corrected chi connectivity index (χ0v) is 11.3. The fourth-order valence-corrected chi connectivity index (χ4v) is 2.60. The average molecular weight is 285 g/mol. The molecule has 0 aliphatic rings. The topological polar surface area (TPSA) is 59.2 Å². The summed E-state index contributed by atoms with van der Waals surface area (Å²) in [5.74, 6) is -0.689. The molecule has 0 aliphatic carbocycles. The minimum atomic E-state index is -0.473. The van der Waals surface area contributed by atoms with Crippen LogP contribution < -0.4 is 0 Å². The lowest BCUT2D eigenvalue weighted by Crippen LogP contribution is -2.13. The van der Waals surface area contributed by atoms with Crippen molar-refractivity contribution < 1.29 is 14.3 Å². The summed E-state index contributed by atoms with van der Waals surface area (Å²) in [5, 5.41) is 4.32. The Kier molecular flexibility index (Phi) is 3.35. The maximum absolute atomic E-state index is 12.1. The molecule has 2 aromatic heterocycles. The quantitative estimate of drug-likeness (QED) is 0.591. The van der Waals surface area contributed by atoms with Crippen LogP contribution in [0.5, 0.6) is 0 Å². The lowest BCUT2D eigenvalue weighted by molar-refractivity contribution is 0.0475. The standard InChI is InChI=1S/C15H11NO3S/c17-14(8-19-15(18)10-5-6-20-9-10)12-7-16-13-4-2-1-3-11(12)13/h1-7,9,16H,8H2. The van der Waals surface area contributed by atoms with Crippen molar-refractivity contribution in [2.75, 3.05) is 6.61 Å². The molecule has 100 valence electrons. The molecule has 4 nitrogen and oxygen atoms in total. The van der Waals surface area contributed by atoms with Gasteiger partial charge in [0, 0.05) is 28.0 Å². The van der Waals surface area contributed by atoms with Crippen molar-refractivity contribution >= 4 is 34.0 Å². The van der Waals surface area contributed by atoms with Crippen molar-refractivity contribution in [3.05, 3.63) is 58.4 Å². The predicted octanol–water partition coefficient (Wildman–Crippen LogP) is 3.27. The molecule has 0 fully saturated rings. The van der Waals surface area contributed by atoms with Gasteiger partial charge in [-0.05, 0) is 17.5 Å². The minimum absolute atomic E-state index is 0.217. The van der Waals surface area contributed by atoms with Crippen LogP contribution >= 0.6 is 11.3 Å². The van der Waals surface area contributed by atoms with E-state index in [1.165, 1.54) is 11.3 Å². The van der Waals surface area contributed by atoms with Crippen LogP contribution in [-0.2, 0) is 4.74 Å². The van der Waals surface area contributed by atoms with E-state index in [1.807, 2.05) is 24.3 Å². The summed E-state index contributed by atoms with van der Waals surface area (Å²) in [5.41, 5.74) is 1.90. The third-order valence-corrected chi connectivity index (χ3v) is 3.66. The number of nitrogens with one attached hydrogen (secondary N) is 1. The van der Waals surface area contributed by atoms with Gasteiger partial charge in [-0.15, -0.1) is 0 Å². The van der Waals surface area contributed by atoms with Crippen LogP contribution in [-0.4, -0.2) is 23.3 Å². The van der Waals surface area contributed by atoms with E-state index in [9.17, 15) is 9.59 Å². The van der Waals surface area contributed by atoms with Crippen molar-refractivity contribution in [1.82, 2.24) is 4.98 Å². The molecule has 0 bridgehead atoms. The van der Waals surface area contributed by atoms with Gasteiger partial charge in [0.1, 0.15) is 0 Å². The minimum Gasteiger partial charge on any atom is -0.454 e. The molecule has 5 heteroatoms. The molecule has 1 aromatic carbocycles. The van der Waals surface area contributed by atoms with Gasteiger partial charge in [0.05, 0.1) is 5.56 Å². The molecule has 0 spiro atoms. The van der Waals surface area contributed by atoms with Crippen LogP contribution in [0.15, 0.2) is 47.3 Å². The normalized spacial score (nSPS) is 10.6. The zero-order chi connectivity index (χ0) is 13.9. The summed E-state index contributed by atoms with van der Waals surface area (Å²) in [6, 6.07) is 9.18. The van der Waals surface area contributed by atoms with E-state index < -0.39 is 5.97 Å². The summed E-state index contributed by atoms with van der Waals surface area (Å²) in [6.45, 7) is -0.253. The smallest absolute Gasteiger partial charge is 0.339 e. The Bertz CT molecular complexity index is 758. The number of fused-ring (bicyclic) bond motifs is 1. The first-order valence-electron chi connectivity index (χ1n) is 6.04. The van der Waals surface area contributed by atoms with Crippen molar-refractivity contribution in [2.45, 2.75) is 0 Å². The molecule has 0 atom stereocenters. The van der Waals surface area contributed by atoms with E-state index in [2.05, 4.69) is 4.98 Å². The van der Waals surface area contributed by atoms with E-state index in [0.717, 1.165) is 10.9 Å². The van der Waals surface area contributed by atoms with Crippen molar-refractivity contribution in [2.24, 2.45) is 0 Å². The number of hydrogen-bond acceptors (Lipinski definition) is 4. The molecule has 3 aromatic rings. The highest BCUT2D eigenvalue weighted by atomic mass is 32.1. The highest BCUT2D eigenvalue weighted by Gasteiger charge is 2.15. The van der Waals surface area contributed by atoms with E-state index in [4.69, 9.17) is 4.74 Å². The van der Waals surface area contributed by atoms with Gasteiger partial charge >= 0.3 is 5.97 Å². The van der Waals surface area contributed by atoms with E-state index in [0.29, 0.717) is 11.1 Å². The third-order valence-electron chi connectivity index (χ3n) is 2.98. The fourth-order valence-electron chi connectivity index (χ4n) is 1.98. The van der Waals surface area contributed by atoms with Crippen LogP contribution in [0, 0.1) is 0 Å².